The van der Waals surface area contributed by atoms with Crippen LogP contribution in [0, 0.1) is 11.2 Å². The van der Waals surface area contributed by atoms with Crippen LogP contribution < -0.4 is 10.6 Å². The van der Waals surface area contributed by atoms with Crippen molar-refractivity contribution in [2.45, 2.75) is 26.8 Å². The van der Waals surface area contributed by atoms with Crippen LogP contribution in [0.25, 0.3) is 10.9 Å². The Labute approximate surface area is 180 Å². The van der Waals surface area contributed by atoms with Gasteiger partial charge in [0.2, 0.25) is 0 Å². The minimum Gasteiger partial charge on any atom is -0.465 e. The van der Waals surface area contributed by atoms with Crippen LogP contribution in [0.1, 0.15) is 31.1 Å². The maximum absolute atomic E-state index is 14.8. The number of hydrogen-bond acceptors (Lipinski definition) is 4. The van der Waals surface area contributed by atoms with Gasteiger partial charge in [-0.15, -0.1) is 0 Å². The molecule has 0 saturated carbocycles. The number of fused-ring (bicyclic) bond motifs is 1. The molecule has 2 amide bonds. The van der Waals surface area contributed by atoms with Crippen LogP contribution in [0.15, 0.2) is 16.7 Å². The first-order valence-electron chi connectivity index (χ1n) is 8.94. The highest BCUT2D eigenvalue weighted by Crippen LogP contribution is 2.39. The summed E-state index contributed by atoms with van der Waals surface area (Å²) in [6, 6.07) is 1.18. The van der Waals surface area contributed by atoms with Crippen molar-refractivity contribution in [1.29, 1.82) is 0 Å². The molecule has 0 spiro atoms. The van der Waals surface area contributed by atoms with E-state index in [0.29, 0.717) is 24.2 Å². The van der Waals surface area contributed by atoms with E-state index in [1.54, 1.807) is 0 Å². The zero-order valence-corrected chi connectivity index (χ0v) is 18.5. The van der Waals surface area contributed by atoms with Crippen LogP contribution in [-0.2, 0) is 0 Å². The molecule has 2 aromatic rings. The van der Waals surface area contributed by atoms with Crippen molar-refractivity contribution >= 4 is 56.1 Å². The number of nitrogens with two attached hydrogens (primary N) is 1. The number of carboxylic acid groups (broad SMARTS) is 1. The molecule has 0 bridgehead atoms. The van der Waals surface area contributed by atoms with Gasteiger partial charge in [-0.1, -0.05) is 32.4 Å². The van der Waals surface area contributed by atoms with E-state index in [-0.39, 0.29) is 38.6 Å². The van der Waals surface area contributed by atoms with Gasteiger partial charge in [-0.25, -0.2) is 9.18 Å². The second kappa shape index (κ2) is 7.60. The highest BCUT2D eigenvalue weighted by atomic mass is 79.9. The van der Waals surface area contributed by atoms with E-state index in [9.17, 15) is 19.1 Å². The summed E-state index contributed by atoms with van der Waals surface area (Å²) < 4.78 is 14.8. The van der Waals surface area contributed by atoms with E-state index in [1.165, 1.54) is 17.2 Å². The van der Waals surface area contributed by atoms with Crippen LogP contribution in [0.4, 0.5) is 14.9 Å². The Kier molecular flexibility index (Phi) is 5.66. The van der Waals surface area contributed by atoms with Gasteiger partial charge in [-0.3, -0.25) is 9.78 Å². The van der Waals surface area contributed by atoms with Gasteiger partial charge in [-0.2, -0.15) is 0 Å². The van der Waals surface area contributed by atoms with Gasteiger partial charge < -0.3 is 20.6 Å². The summed E-state index contributed by atoms with van der Waals surface area (Å²) in [5.74, 6) is -1.34. The molecule has 1 atom stereocenters. The predicted molar refractivity (Wildman–Crippen MR) is 113 cm³/mol. The number of anilines is 1. The number of rotatable bonds is 2. The number of aromatic nitrogens is 1. The zero-order valence-electron chi connectivity index (χ0n) is 16.2. The highest BCUT2D eigenvalue weighted by Gasteiger charge is 2.39. The Morgan fingerprint density at radius 3 is 2.59 bits per heavy atom. The predicted octanol–water partition coefficient (Wildman–Crippen LogP) is 4.10. The lowest BCUT2D eigenvalue weighted by atomic mass is 9.84. The van der Waals surface area contributed by atoms with E-state index in [0.717, 1.165) is 0 Å². The number of carbonyl (C=O) groups excluding carboxylic acids is 1. The van der Waals surface area contributed by atoms with Crippen LogP contribution in [0.3, 0.4) is 0 Å². The Morgan fingerprint density at radius 2 is 2.03 bits per heavy atom. The van der Waals surface area contributed by atoms with Crippen LogP contribution in [0.5, 0.6) is 0 Å². The molecule has 7 nitrogen and oxygen atoms in total. The summed E-state index contributed by atoms with van der Waals surface area (Å²) in [6.07, 6.45) is 0.247. The Morgan fingerprint density at radius 1 is 1.38 bits per heavy atom. The monoisotopic (exact) mass is 486 g/mol. The van der Waals surface area contributed by atoms with Crippen LogP contribution in [-0.4, -0.2) is 52.7 Å². The largest absolute Gasteiger partial charge is 0.465 e. The fourth-order valence-corrected chi connectivity index (χ4v) is 4.20. The van der Waals surface area contributed by atoms with Crippen LogP contribution in [0.2, 0.25) is 5.02 Å². The third-order valence-corrected chi connectivity index (χ3v) is 6.48. The Hall–Kier alpha value is -2.13. The van der Waals surface area contributed by atoms with Gasteiger partial charge >= 0.3 is 6.09 Å². The molecule has 1 saturated heterocycles. The topological polar surface area (TPSA) is 99.8 Å². The Bertz CT molecular complexity index is 1010. The van der Waals surface area contributed by atoms with Gasteiger partial charge in [0.25, 0.3) is 5.91 Å². The number of carbonyl (C=O) groups is 2. The van der Waals surface area contributed by atoms with Crippen molar-refractivity contribution in [3.63, 3.8) is 0 Å². The normalized spacial score (nSPS) is 17.7. The summed E-state index contributed by atoms with van der Waals surface area (Å²) in [5.41, 5.74) is 5.80. The number of pyridine rings is 1. The molecule has 1 aliphatic heterocycles. The standard InChI is InChI=1S/C19H21BrClFN4O3/c1-19(2,3)12-8-25(4-5-26(12)18(28)29)16-9-6-11(21)13(20)14(22)15(9)24-7-10(16)17(23)27/h6-7,12H,4-5,8H2,1-3H3,(H2,23,27)(H,28,29). The number of benzene rings is 1. The third kappa shape index (κ3) is 3.85. The fourth-order valence-electron chi connectivity index (χ4n) is 3.70. The summed E-state index contributed by atoms with van der Waals surface area (Å²) in [4.78, 5) is 31.2. The molecule has 1 aromatic heterocycles. The van der Waals surface area contributed by atoms with E-state index in [2.05, 4.69) is 20.9 Å². The molecule has 0 aliphatic carbocycles. The molecule has 0 radical (unpaired) electrons. The molecule has 2 heterocycles. The molecule has 29 heavy (non-hydrogen) atoms. The maximum Gasteiger partial charge on any atom is 0.407 e. The molecule has 156 valence electrons. The minimum absolute atomic E-state index is 0.0502. The van der Waals surface area contributed by atoms with Crippen molar-refractivity contribution in [2.24, 2.45) is 11.1 Å². The van der Waals surface area contributed by atoms with E-state index in [1.807, 2.05) is 25.7 Å². The fraction of sp³-hybridized carbons (Fsp3) is 0.421. The second-order valence-electron chi connectivity index (χ2n) is 8.07. The molecule has 1 fully saturated rings. The SMILES string of the molecule is CC(C)(C)C1CN(c2c(C(N)=O)cnc3c(F)c(Br)c(Cl)cc23)CCN1C(=O)O. The number of nitrogens with zero attached hydrogens (tertiary/aromatic N) is 3. The van der Waals surface area contributed by atoms with Gasteiger partial charge in [0.1, 0.15) is 5.52 Å². The molecule has 1 aliphatic rings. The van der Waals surface area contributed by atoms with Crippen molar-refractivity contribution < 1.29 is 19.1 Å². The van der Waals surface area contributed by atoms with Gasteiger partial charge in [-0.05, 0) is 27.4 Å². The molecular weight excluding hydrogens is 467 g/mol. The summed E-state index contributed by atoms with van der Waals surface area (Å²) in [7, 11) is 0. The molecule has 3 rings (SSSR count). The van der Waals surface area contributed by atoms with Crippen molar-refractivity contribution in [1.82, 2.24) is 9.88 Å². The lowest BCUT2D eigenvalue weighted by Crippen LogP contribution is -2.59. The van der Waals surface area contributed by atoms with Crippen molar-refractivity contribution in [3.8, 4) is 0 Å². The lowest BCUT2D eigenvalue weighted by molar-refractivity contribution is 0.0747. The molecule has 10 heteroatoms. The summed E-state index contributed by atoms with van der Waals surface area (Å²) in [5, 5.41) is 10.1. The average Bonchev–Trinajstić information content (AvgIpc) is 2.64. The summed E-state index contributed by atoms with van der Waals surface area (Å²) >= 11 is 9.27. The van der Waals surface area contributed by atoms with E-state index >= 15 is 0 Å². The van der Waals surface area contributed by atoms with Crippen molar-refractivity contribution in [3.05, 3.63) is 33.1 Å². The van der Waals surface area contributed by atoms with Gasteiger partial charge in [0, 0.05) is 31.2 Å². The first-order chi connectivity index (χ1) is 13.4. The first kappa shape index (κ1) is 21.6. The third-order valence-electron chi connectivity index (χ3n) is 5.18. The number of amides is 2. The van der Waals surface area contributed by atoms with Gasteiger partial charge in [0.15, 0.2) is 5.82 Å². The summed E-state index contributed by atoms with van der Waals surface area (Å²) in [6.45, 7) is 6.70. The number of piperazine rings is 1. The van der Waals surface area contributed by atoms with Crippen molar-refractivity contribution in [2.75, 3.05) is 24.5 Å². The minimum atomic E-state index is -1.00. The molecule has 1 unspecified atom stereocenters. The lowest BCUT2D eigenvalue weighted by Gasteiger charge is -2.47. The average molecular weight is 488 g/mol. The quantitative estimate of drug-likeness (QED) is 0.621. The second-order valence-corrected chi connectivity index (χ2v) is 9.27. The Balaban J connectivity index is 2.21. The highest BCUT2D eigenvalue weighted by molar-refractivity contribution is 9.10. The smallest absolute Gasteiger partial charge is 0.407 e. The first-order valence-corrected chi connectivity index (χ1v) is 10.1. The van der Waals surface area contributed by atoms with Crippen LogP contribution >= 0.6 is 27.5 Å². The number of halogens is 3. The van der Waals surface area contributed by atoms with E-state index in [4.69, 9.17) is 17.3 Å². The maximum atomic E-state index is 14.8. The van der Waals surface area contributed by atoms with Gasteiger partial charge in [0.05, 0.1) is 26.8 Å². The molecule has 3 N–H and O–H groups in total. The molecular formula is C19H21BrClFN4O3. The zero-order chi connectivity index (χ0) is 21.7. The van der Waals surface area contributed by atoms with E-state index < -0.39 is 17.8 Å². The number of primary amides is 1. The molecule has 1 aromatic carbocycles. The number of hydrogen-bond donors (Lipinski definition) is 2.